The van der Waals surface area contributed by atoms with Crippen molar-refractivity contribution in [3.8, 4) is 0 Å². The number of primary amides is 1. The summed E-state index contributed by atoms with van der Waals surface area (Å²) in [6.45, 7) is 0. The molecular weight excluding hydrogens is 390 g/mol. The summed E-state index contributed by atoms with van der Waals surface area (Å²) in [4.78, 5) is 27.9. The Morgan fingerprint density at radius 1 is 1.04 bits per heavy atom. The molecule has 1 heterocycles. The Kier molecular flexibility index (Phi) is 7.22. The molecule has 1 aromatic heterocycles. The van der Waals surface area contributed by atoms with Crippen molar-refractivity contribution < 1.29 is 9.59 Å². The van der Waals surface area contributed by atoms with Gasteiger partial charge in [0, 0.05) is 23.5 Å². The van der Waals surface area contributed by atoms with Crippen molar-refractivity contribution in [3.05, 3.63) is 82.9 Å². The average molecular weight is 412 g/mol. The third kappa shape index (κ3) is 5.94. The summed E-state index contributed by atoms with van der Waals surface area (Å²) in [6.07, 6.45) is 0.333. The quantitative estimate of drug-likeness (QED) is 0.557. The molecule has 0 saturated carbocycles. The predicted molar refractivity (Wildman–Crippen MR) is 115 cm³/mol. The van der Waals surface area contributed by atoms with Gasteiger partial charge >= 0.3 is 0 Å². The molecule has 0 saturated heterocycles. The number of hydrogen-bond acceptors (Lipinski definition) is 5. The van der Waals surface area contributed by atoms with Gasteiger partial charge in [-0.3, -0.25) is 9.59 Å². The molecule has 3 rings (SSSR count). The van der Waals surface area contributed by atoms with E-state index in [9.17, 15) is 9.59 Å². The van der Waals surface area contributed by atoms with Crippen LogP contribution in [0.25, 0.3) is 0 Å². The second-order valence-electron chi connectivity index (χ2n) is 6.23. The first-order valence-corrected chi connectivity index (χ1v) is 10.9. The van der Waals surface area contributed by atoms with Crippen LogP contribution in [0.2, 0.25) is 0 Å². The number of thiazole rings is 1. The molecule has 3 N–H and O–H groups in total. The molecule has 0 radical (unpaired) electrons. The fourth-order valence-electron chi connectivity index (χ4n) is 2.84. The van der Waals surface area contributed by atoms with Crippen LogP contribution >= 0.6 is 23.1 Å². The zero-order valence-electron chi connectivity index (χ0n) is 15.2. The predicted octanol–water partition coefficient (Wildman–Crippen LogP) is 4.02. The molecule has 7 heteroatoms. The number of aromatic nitrogens is 1. The Morgan fingerprint density at radius 2 is 1.64 bits per heavy atom. The lowest BCUT2D eigenvalue weighted by Gasteiger charge is -2.17. The largest absolute Gasteiger partial charge is 0.369 e. The van der Waals surface area contributed by atoms with Crippen molar-refractivity contribution in [1.29, 1.82) is 0 Å². The highest BCUT2D eigenvalue weighted by Crippen LogP contribution is 2.28. The Labute approximate surface area is 172 Å². The molecule has 2 aromatic carbocycles. The minimum Gasteiger partial charge on any atom is -0.369 e. The fraction of sp³-hybridized carbons (Fsp3) is 0.190. The number of nitrogens with zero attached hydrogens (tertiary/aromatic N) is 1. The number of carbonyl (C=O) groups is 2. The van der Waals surface area contributed by atoms with Gasteiger partial charge in [0.05, 0.1) is 11.4 Å². The van der Waals surface area contributed by atoms with Crippen molar-refractivity contribution >= 4 is 40.0 Å². The summed E-state index contributed by atoms with van der Waals surface area (Å²) < 4.78 is 0. The van der Waals surface area contributed by atoms with E-state index in [1.54, 1.807) is 0 Å². The summed E-state index contributed by atoms with van der Waals surface area (Å²) in [5.41, 5.74) is 8.17. The van der Waals surface area contributed by atoms with E-state index in [1.165, 1.54) is 23.1 Å². The van der Waals surface area contributed by atoms with E-state index in [4.69, 9.17) is 5.73 Å². The van der Waals surface area contributed by atoms with E-state index in [0.717, 1.165) is 16.8 Å². The van der Waals surface area contributed by atoms with Gasteiger partial charge in [0.15, 0.2) is 5.13 Å². The van der Waals surface area contributed by atoms with E-state index in [-0.39, 0.29) is 23.5 Å². The first-order valence-electron chi connectivity index (χ1n) is 8.82. The third-order valence-electron chi connectivity index (χ3n) is 4.09. The van der Waals surface area contributed by atoms with Crippen LogP contribution in [-0.4, -0.2) is 22.6 Å². The molecule has 0 aliphatic rings. The minimum absolute atomic E-state index is 0.0204. The van der Waals surface area contributed by atoms with Gasteiger partial charge in [-0.1, -0.05) is 60.7 Å². The van der Waals surface area contributed by atoms with Crippen LogP contribution in [0.5, 0.6) is 0 Å². The smallest absolute Gasteiger partial charge is 0.227 e. The topological polar surface area (TPSA) is 85.1 Å². The molecule has 0 spiro atoms. The van der Waals surface area contributed by atoms with Crippen molar-refractivity contribution in [1.82, 2.24) is 4.98 Å². The summed E-state index contributed by atoms with van der Waals surface area (Å²) in [7, 11) is 0. The molecule has 0 bridgehead atoms. The summed E-state index contributed by atoms with van der Waals surface area (Å²) >= 11 is 2.79. The Morgan fingerprint density at radius 3 is 2.21 bits per heavy atom. The molecular formula is C21H21N3O2S2. The van der Waals surface area contributed by atoms with Crippen LogP contribution < -0.4 is 11.1 Å². The molecule has 144 valence electrons. The SMILES string of the molecule is NC(=O)CSCc1csc(NC(=O)CC(c2ccccc2)c2ccccc2)n1. The zero-order valence-corrected chi connectivity index (χ0v) is 16.8. The highest BCUT2D eigenvalue weighted by molar-refractivity contribution is 7.99. The number of nitrogens with two attached hydrogens (primary N) is 1. The molecule has 0 aliphatic carbocycles. The van der Waals surface area contributed by atoms with E-state index in [2.05, 4.69) is 10.3 Å². The molecule has 0 unspecified atom stereocenters. The van der Waals surface area contributed by atoms with E-state index in [1.807, 2.05) is 66.0 Å². The summed E-state index contributed by atoms with van der Waals surface area (Å²) in [5.74, 6) is 0.402. The molecule has 0 fully saturated rings. The summed E-state index contributed by atoms with van der Waals surface area (Å²) in [6, 6.07) is 20.1. The van der Waals surface area contributed by atoms with Crippen molar-refractivity contribution in [2.24, 2.45) is 5.73 Å². The van der Waals surface area contributed by atoms with Crippen LogP contribution in [0.1, 0.15) is 29.2 Å². The van der Waals surface area contributed by atoms with Gasteiger partial charge in [-0.05, 0) is 11.1 Å². The minimum atomic E-state index is -0.346. The van der Waals surface area contributed by atoms with Gasteiger partial charge in [0.2, 0.25) is 11.8 Å². The number of nitrogens with one attached hydrogen (secondary N) is 1. The number of amides is 2. The average Bonchev–Trinajstić information content (AvgIpc) is 3.14. The highest BCUT2D eigenvalue weighted by atomic mass is 32.2. The number of thioether (sulfide) groups is 1. The van der Waals surface area contributed by atoms with E-state index >= 15 is 0 Å². The third-order valence-corrected chi connectivity index (χ3v) is 5.88. The molecule has 0 aliphatic heterocycles. The van der Waals surface area contributed by atoms with Crippen LogP contribution in [0.3, 0.4) is 0 Å². The fourth-order valence-corrected chi connectivity index (χ4v) is 4.33. The lowest BCUT2D eigenvalue weighted by molar-refractivity contribution is -0.116. The van der Waals surface area contributed by atoms with E-state index < -0.39 is 0 Å². The van der Waals surface area contributed by atoms with Gasteiger partial charge in [-0.15, -0.1) is 23.1 Å². The van der Waals surface area contributed by atoms with Crippen LogP contribution in [-0.2, 0) is 15.3 Å². The van der Waals surface area contributed by atoms with Crippen LogP contribution in [0, 0.1) is 0 Å². The van der Waals surface area contributed by atoms with Crippen molar-refractivity contribution in [2.45, 2.75) is 18.1 Å². The second-order valence-corrected chi connectivity index (χ2v) is 8.07. The Balaban J connectivity index is 1.65. The van der Waals surface area contributed by atoms with Gasteiger partial charge < -0.3 is 11.1 Å². The second kappa shape index (κ2) is 10.1. The number of carbonyl (C=O) groups excluding carboxylic acids is 2. The van der Waals surface area contributed by atoms with Crippen LogP contribution in [0.4, 0.5) is 5.13 Å². The lowest BCUT2D eigenvalue weighted by atomic mass is 9.88. The maximum absolute atomic E-state index is 12.7. The monoisotopic (exact) mass is 411 g/mol. The Hall–Kier alpha value is -2.64. The van der Waals surface area contributed by atoms with Crippen molar-refractivity contribution in [3.63, 3.8) is 0 Å². The van der Waals surface area contributed by atoms with E-state index in [0.29, 0.717) is 17.3 Å². The Bertz CT molecular complexity index is 874. The van der Waals surface area contributed by atoms with Crippen molar-refractivity contribution in [2.75, 3.05) is 11.1 Å². The number of anilines is 1. The number of rotatable bonds is 9. The molecule has 5 nitrogen and oxygen atoms in total. The van der Waals surface area contributed by atoms with Gasteiger partial charge in [-0.2, -0.15) is 0 Å². The lowest BCUT2D eigenvalue weighted by Crippen LogP contribution is -2.16. The molecule has 2 amide bonds. The van der Waals surface area contributed by atoms with Gasteiger partial charge in [-0.25, -0.2) is 4.98 Å². The highest BCUT2D eigenvalue weighted by Gasteiger charge is 2.19. The number of hydrogen-bond donors (Lipinski definition) is 2. The first kappa shape index (κ1) is 20.1. The maximum atomic E-state index is 12.7. The first-order chi connectivity index (χ1) is 13.6. The standard InChI is InChI=1S/C21H21N3O2S2/c22-19(25)14-27-12-17-13-28-21(23-17)24-20(26)11-18(15-7-3-1-4-8-15)16-9-5-2-6-10-16/h1-10,13,18H,11-12,14H2,(H2,22,25)(H,23,24,26). The number of benzene rings is 2. The van der Waals surface area contributed by atoms with Gasteiger partial charge in [0.25, 0.3) is 0 Å². The summed E-state index contributed by atoms with van der Waals surface area (Å²) in [5, 5.41) is 5.35. The molecule has 3 aromatic rings. The maximum Gasteiger partial charge on any atom is 0.227 e. The zero-order chi connectivity index (χ0) is 19.8. The molecule has 28 heavy (non-hydrogen) atoms. The van der Waals surface area contributed by atoms with Crippen LogP contribution in [0.15, 0.2) is 66.0 Å². The normalized spacial score (nSPS) is 10.8. The molecule has 0 atom stereocenters. The van der Waals surface area contributed by atoms with Gasteiger partial charge in [0.1, 0.15) is 0 Å².